The molecule has 0 bridgehead atoms. The highest BCUT2D eigenvalue weighted by Gasteiger charge is 2.39. The van der Waals surface area contributed by atoms with E-state index in [0.29, 0.717) is 16.8 Å². The predicted molar refractivity (Wildman–Crippen MR) is 109 cm³/mol. The van der Waals surface area contributed by atoms with Gasteiger partial charge in [-0.15, -0.1) is 0 Å². The molecule has 2 aliphatic carbocycles. The summed E-state index contributed by atoms with van der Waals surface area (Å²) in [5.41, 5.74) is 7.87. The second-order valence-corrected chi connectivity index (χ2v) is 7.62. The minimum absolute atomic E-state index is 0.00918. The number of hydrogen-bond donors (Lipinski definition) is 6. The number of urea groups is 1. The van der Waals surface area contributed by atoms with E-state index in [-0.39, 0.29) is 35.5 Å². The number of fused-ring (bicyclic) bond motifs is 1. The molecule has 3 amide bonds. The lowest BCUT2D eigenvalue weighted by Crippen LogP contribution is -2.35. The lowest BCUT2D eigenvalue weighted by molar-refractivity contribution is -0.142. The van der Waals surface area contributed by atoms with Gasteiger partial charge in [-0.1, -0.05) is 12.1 Å². The average molecular weight is 410 g/mol. The molecule has 1 fully saturated rings. The monoisotopic (exact) mass is 410 g/mol. The van der Waals surface area contributed by atoms with E-state index in [1.54, 1.807) is 18.2 Å². The van der Waals surface area contributed by atoms with Crippen LogP contribution in [0.2, 0.25) is 0 Å². The van der Waals surface area contributed by atoms with E-state index in [1.807, 2.05) is 0 Å². The molecule has 1 saturated carbocycles. The van der Waals surface area contributed by atoms with Crippen molar-refractivity contribution in [3.05, 3.63) is 53.1 Å². The Morgan fingerprint density at radius 1 is 1.07 bits per heavy atom. The van der Waals surface area contributed by atoms with Crippen molar-refractivity contribution in [1.29, 1.82) is 0 Å². The van der Waals surface area contributed by atoms with E-state index in [1.165, 1.54) is 18.2 Å². The largest absolute Gasteiger partial charge is 0.508 e. The molecule has 2 aromatic carbocycles. The number of aliphatic carboxylic acids is 1. The second-order valence-electron chi connectivity index (χ2n) is 7.62. The van der Waals surface area contributed by atoms with Crippen molar-refractivity contribution in [2.24, 2.45) is 5.92 Å². The Labute approximate surface area is 172 Å². The predicted octanol–water partition coefficient (Wildman–Crippen LogP) is 1.99. The van der Waals surface area contributed by atoms with Gasteiger partial charge < -0.3 is 31.9 Å². The van der Waals surface area contributed by atoms with Crippen LogP contribution in [-0.2, 0) is 11.2 Å². The Morgan fingerprint density at radius 2 is 1.83 bits per heavy atom. The Bertz CT molecular complexity index is 1030. The highest BCUT2D eigenvalue weighted by Crippen LogP contribution is 2.40. The zero-order valence-corrected chi connectivity index (χ0v) is 16.0. The summed E-state index contributed by atoms with van der Waals surface area (Å²) in [4.78, 5) is 36.4. The van der Waals surface area contributed by atoms with E-state index >= 15 is 0 Å². The van der Waals surface area contributed by atoms with Crippen molar-refractivity contribution >= 4 is 29.3 Å². The van der Waals surface area contributed by atoms with Crippen LogP contribution in [0, 0.1) is 5.92 Å². The number of rotatable bonds is 5. The molecule has 4 rings (SSSR count). The van der Waals surface area contributed by atoms with Crippen molar-refractivity contribution in [2.45, 2.75) is 31.3 Å². The summed E-state index contributed by atoms with van der Waals surface area (Å²) in [6, 6.07) is 8.39. The summed E-state index contributed by atoms with van der Waals surface area (Å²) >= 11 is 0. The molecule has 9 nitrogen and oxygen atoms in total. The fourth-order valence-electron chi connectivity index (χ4n) is 3.72. The molecule has 2 atom stereocenters. The zero-order chi connectivity index (χ0) is 21.4. The van der Waals surface area contributed by atoms with Gasteiger partial charge in [0.05, 0.1) is 17.5 Å². The summed E-state index contributed by atoms with van der Waals surface area (Å²) in [6.45, 7) is 0. The number of phenolic OH excluding ortho intramolecular Hbond substituents is 1. The molecule has 156 valence electrons. The molecule has 2 aromatic rings. The normalized spacial score (nSPS) is 19.6. The van der Waals surface area contributed by atoms with Gasteiger partial charge in [0.1, 0.15) is 5.75 Å². The van der Waals surface area contributed by atoms with Crippen LogP contribution in [0.1, 0.15) is 40.4 Å². The molecule has 0 aliphatic heterocycles. The van der Waals surface area contributed by atoms with Gasteiger partial charge >= 0.3 is 12.0 Å². The van der Waals surface area contributed by atoms with Gasteiger partial charge in [-0.3, -0.25) is 9.59 Å². The standard InChI is InChI=1S/C21H22N4O5/c22-16-8-11(24-21(30)23-10-4-5-10)6-7-13(16)19(27)25-18-12-2-1-3-17(26)14(12)9-15(18)20(28)29/h1-3,6-8,10,15,18,26H,4-5,9,22H2,(H,25,27)(H,28,29)(H2,23,24,30)/t15-,18+/m1/s1. The number of carbonyl (C=O) groups is 3. The van der Waals surface area contributed by atoms with Crippen molar-refractivity contribution in [3.63, 3.8) is 0 Å². The molecular formula is C21H22N4O5. The number of nitrogen functional groups attached to an aromatic ring is 1. The third kappa shape index (κ3) is 3.86. The highest BCUT2D eigenvalue weighted by molar-refractivity contribution is 6.01. The Balaban J connectivity index is 1.51. The minimum atomic E-state index is -1.06. The van der Waals surface area contributed by atoms with Gasteiger partial charge in [-0.25, -0.2) is 4.79 Å². The topological polar surface area (TPSA) is 154 Å². The second kappa shape index (κ2) is 7.58. The summed E-state index contributed by atoms with van der Waals surface area (Å²) < 4.78 is 0. The average Bonchev–Trinajstić information content (AvgIpc) is 3.41. The van der Waals surface area contributed by atoms with Crippen LogP contribution in [-0.4, -0.2) is 34.2 Å². The third-order valence-electron chi connectivity index (χ3n) is 5.42. The molecule has 30 heavy (non-hydrogen) atoms. The molecular weight excluding hydrogens is 388 g/mol. The lowest BCUT2D eigenvalue weighted by atomic mass is 10.00. The summed E-state index contributed by atoms with van der Waals surface area (Å²) in [5, 5.41) is 27.8. The van der Waals surface area contributed by atoms with E-state index in [2.05, 4.69) is 16.0 Å². The maximum absolute atomic E-state index is 12.8. The van der Waals surface area contributed by atoms with Crippen LogP contribution in [0.5, 0.6) is 5.75 Å². The molecule has 0 aromatic heterocycles. The van der Waals surface area contributed by atoms with Crippen LogP contribution < -0.4 is 21.7 Å². The van der Waals surface area contributed by atoms with Crippen LogP contribution in [0.4, 0.5) is 16.2 Å². The molecule has 7 N–H and O–H groups in total. The van der Waals surface area contributed by atoms with Crippen LogP contribution >= 0.6 is 0 Å². The Morgan fingerprint density at radius 3 is 2.50 bits per heavy atom. The van der Waals surface area contributed by atoms with Crippen LogP contribution in [0.15, 0.2) is 36.4 Å². The number of phenols is 1. The summed E-state index contributed by atoms with van der Waals surface area (Å²) in [6.07, 6.45) is 2.05. The van der Waals surface area contributed by atoms with E-state index in [0.717, 1.165) is 12.8 Å². The van der Waals surface area contributed by atoms with E-state index in [4.69, 9.17) is 5.73 Å². The first-order chi connectivity index (χ1) is 14.3. The Kier molecular flexibility index (Phi) is 4.94. The number of amides is 3. The van der Waals surface area contributed by atoms with Crippen molar-refractivity contribution in [2.75, 3.05) is 11.1 Å². The number of hydrogen-bond acceptors (Lipinski definition) is 5. The van der Waals surface area contributed by atoms with Crippen LogP contribution in [0.25, 0.3) is 0 Å². The molecule has 0 radical (unpaired) electrons. The number of aromatic hydroxyl groups is 1. The van der Waals surface area contributed by atoms with Gasteiger partial charge in [0.15, 0.2) is 0 Å². The first-order valence-electron chi connectivity index (χ1n) is 9.65. The van der Waals surface area contributed by atoms with Crippen molar-refractivity contribution < 1.29 is 24.6 Å². The number of carbonyl (C=O) groups excluding carboxylic acids is 2. The number of anilines is 2. The maximum Gasteiger partial charge on any atom is 0.319 e. The number of benzene rings is 2. The SMILES string of the molecule is Nc1cc(NC(=O)NC2CC2)ccc1C(=O)N[C@H]1c2cccc(O)c2C[C@H]1C(=O)O. The zero-order valence-electron chi connectivity index (χ0n) is 16.0. The fraction of sp³-hybridized carbons (Fsp3) is 0.286. The lowest BCUT2D eigenvalue weighted by Gasteiger charge is -2.20. The van der Waals surface area contributed by atoms with Gasteiger partial charge in [-0.05, 0) is 49.1 Å². The van der Waals surface area contributed by atoms with E-state index in [9.17, 15) is 24.6 Å². The summed E-state index contributed by atoms with van der Waals surface area (Å²) in [5.74, 6) is -2.49. The Hall–Kier alpha value is -3.75. The maximum atomic E-state index is 12.8. The molecule has 2 aliphatic rings. The van der Waals surface area contributed by atoms with E-state index < -0.39 is 23.8 Å². The molecule has 0 saturated heterocycles. The number of nitrogens with one attached hydrogen (secondary N) is 3. The number of carboxylic acids is 1. The van der Waals surface area contributed by atoms with Crippen LogP contribution in [0.3, 0.4) is 0 Å². The number of nitrogens with two attached hydrogens (primary N) is 1. The fourth-order valence-corrected chi connectivity index (χ4v) is 3.72. The van der Waals surface area contributed by atoms with Gasteiger partial charge in [0.2, 0.25) is 0 Å². The first-order valence-corrected chi connectivity index (χ1v) is 9.65. The van der Waals surface area contributed by atoms with Crippen molar-refractivity contribution in [3.8, 4) is 5.75 Å². The van der Waals surface area contributed by atoms with Gasteiger partial charge in [-0.2, -0.15) is 0 Å². The quantitative estimate of drug-likeness (QED) is 0.414. The highest BCUT2D eigenvalue weighted by atomic mass is 16.4. The molecule has 0 spiro atoms. The summed E-state index contributed by atoms with van der Waals surface area (Å²) in [7, 11) is 0. The van der Waals surface area contributed by atoms with Crippen molar-refractivity contribution in [1.82, 2.24) is 10.6 Å². The number of carboxylic acid groups (broad SMARTS) is 1. The smallest absolute Gasteiger partial charge is 0.319 e. The van der Waals surface area contributed by atoms with Gasteiger partial charge in [0.25, 0.3) is 5.91 Å². The third-order valence-corrected chi connectivity index (χ3v) is 5.42. The molecule has 9 heteroatoms. The minimum Gasteiger partial charge on any atom is -0.508 e. The first kappa shape index (κ1) is 19.6. The van der Waals surface area contributed by atoms with Gasteiger partial charge in [0, 0.05) is 23.0 Å². The molecule has 0 heterocycles. The molecule has 0 unspecified atom stereocenters.